The lowest BCUT2D eigenvalue weighted by molar-refractivity contribution is 0.298. The van der Waals surface area contributed by atoms with Crippen molar-refractivity contribution in [3.63, 3.8) is 0 Å². The topological polar surface area (TPSA) is 58.7 Å². The highest BCUT2D eigenvalue weighted by atomic mass is 16.5. The van der Waals surface area contributed by atoms with Crippen molar-refractivity contribution < 1.29 is 9.84 Å². The van der Waals surface area contributed by atoms with E-state index in [2.05, 4.69) is 25.7 Å². The van der Waals surface area contributed by atoms with E-state index in [9.17, 15) is 0 Å². The number of nitrogens with zero attached hydrogens (tertiary/aromatic N) is 1. The summed E-state index contributed by atoms with van der Waals surface area (Å²) in [4.78, 5) is 2.11. The molecular formula is C14H24N2O2. The summed E-state index contributed by atoms with van der Waals surface area (Å²) in [5.74, 6) is 0.787. The second-order valence-corrected chi connectivity index (χ2v) is 4.62. The molecule has 0 atom stereocenters. The molecule has 0 radical (unpaired) electrons. The number of anilines is 2. The summed E-state index contributed by atoms with van der Waals surface area (Å²) < 4.78 is 5.62. The number of aliphatic hydroxyl groups excluding tert-OH is 1. The summed E-state index contributed by atoms with van der Waals surface area (Å²) in [7, 11) is 0. The molecule has 0 saturated heterocycles. The van der Waals surface area contributed by atoms with Gasteiger partial charge in [0, 0.05) is 36.1 Å². The molecule has 0 spiro atoms. The van der Waals surface area contributed by atoms with Crippen LogP contribution in [0.15, 0.2) is 18.2 Å². The Balaban J connectivity index is 2.95. The molecule has 0 heterocycles. The minimum atomic E-state index is 0.123. The zero-order chi connectivity index (χ0) is 13.5. The van der Waals surface area contributed by atoms with E-state index >= 15 is 0 Å². The molecule has 1 aromatic carbocycles. The van der Waals surface area contributed by atoms with Crippen molar-refractivity contribution in [2.75, 3.05) is 30.4 Å². The number of rotatable bonds is 7. The molecule has 1 aromatic rings. The van der Waals surface area contributed by atoms with Crippen LogP contribution in [0, 0.1) is 0 Å². The van der Waals surface area contributed by atoms with Crippen LogP contribution in [-0.4, -0.2) is 30.9 Å². The van der Waals surface area contributed by atoms with E-state index in [0.717, 1.165) is 17.9 Å². The lowest BCUT2D eigenvalue weighted by atomic mass is 10.2. The average Bonchev–Trinajstić information content (AvgIpc) is 2.32. The monoisotopic (exact) mass is 252 g/mol. The Labute approximate surface area is 109 Å². The Hall–Kier alpha value is -1.42. The highest BCUT2D eigenvalue weighted by Crippen LogP contribution is 2.27. The van der Waals surface area contributed by atoms with Gasteiger partial charge in [-0.1, -0.05) is 6.92 Å². The molecule has 0 fully saturated rings. The van der Waals surface area contributed by atoms with Crippen molar-refractivity contribution in [3.8, 4) is 5.75 Å². The average molecular weight is 252 g/mol. The standard InChI is InChI=1S/C14H24N2O2/c1-4-7-18-14-9-12(15)8-13(10-14)16(5-6-17)11(2)3/h8-11,17H,4-7,15H2,1-3H3. The molecule has 0 saturated carbocycles. The van der Waals surface area contributed by atoms with Gasteiger partial charge in [0.25, 0.3) is 0 Å². The molecule has 3 N–H and O–H groups in total. The van der Waals surface area contributed by atoms with Gasteiger partial charge in [-0.25, -0.2) is 0 Å². The highest BCUT2D eigenvalue weighted by Gasteiger charge is 2.11. The number of aliphatic hydroxyl groups is 1. The quantitative estimate of drug-likeness (QED) is 0.731. The van der Waals surface area contributed by atoms with Crippen molar-refractivity contribution in [3.05, 3.63) is 18.2 Å². The fourth-order valence-electron chi connectivity index (χ4n) is 1.87. The van der Waals surface area contributed by atoms with Crippen LogP contribution in [0.25, 0.3) is 0 Å². The number of hydrogen-bond acceptors (Lipinski definition) is 4. The summed E-state index contributed by atoms with van der Waals surface area (Å²) in [5, 5.41) is 9.12. The maximum absolute atomic E-state index is 9.12. The van der Waals surface area contributed by atoms with Crippen molar-refractivity contribution in [2.45, 2.75) is 33.2 Å². The van der Waals surface area contributed by atoms with E-state index in [0.29, 0.717) is 24.9 Å². The molecule has 0 unspecified atom stereocenters. The molecule has 0 aliphatic rings. The lowest BCUT2D eigenvalue weighted by Gasteiger charge is -2.28. The Bertz CT molecular complexity index is 367. The predicted octanol–water partition coefficient (Wildman–Crippen LogP) is 2.26. The van der Waals surface area contributed by atoms with Crippen LogP contribution < -0.4 is 15.4 Å². The third kappa shape index (κ3) is 4.11. The van der Waals surface area contributed by atoms with Crippen LogP contribution >= 0.6 is 0 Å². The SMILES string of the molecule is CCCOc1cc(N)cc(N(CCO)C(C)C)c1. The summed E-state index contributed by atoms with van der Waals surface area (Å²) >= 11 is 0. The molecule has 102 valence electrons. The van der Waals surface area contributed by atoms with E-state index in [1.165, 1.54) is 0 Å². The summed E-state index contributed by atoms with van der Waals surface area (Å²) in [5.41, 5.74) is 7.57. The van der Waals surface area contributed by atoms with Gasteiger partial charge in [-0.2, -0.15) is 0 Å². The number of hydrogen-bond donors (Lipinski definition) is 2. The molecule has 1 rings (SSSR count). The third-order valence-corrected chi connectivity index (χ3v) is 2.68. The van der Waals surface area contributed by atoms with Crippen LogP contribution in [0.2, 0.25) is 0 Å². The zero-order valence-corrected chi connectivity index (χ0v) is 11.5. The molecule has 0 aromatic heterocycles. The van der Waals surface area contributed by atoms with Crippen LogP contribution in [-0.2, 0) is 0 Å². The molecule has 0 bridgehead atoms. The van der Waals surface area contributed by atoms with Gasteiger partial charge in [0.2, 0.25) is 0 Å². The number of nitrogen functional groups attached to an aromatic ring is 1. The van der Waals surface area contributed by atoms with Gasteiger partial charge in [0.1, 0.15) is 5.75 Å². The fourth-order valence-corrected chi connectivity index (χ4v) is 1.87. The van der Waals surface area contributed by atoms with Gasteiger partial charge >= 0.3 is 0 Å². The van der Waals surface area contributed by atoms with Crippen molar-refractivity contribution in [1.29, 1.82) is 0 Å². The molecule has 0 aliphatic heterocycles. The lowest BCUT2D eigenvalue weighted by Crippen LogP contribution is -2.33. The Morgan fingerprint density at radius 1 is 1.33 bits per heavy atom. The van der Waals surface area contributed by atoms with E-state index < -0.39 is 0 Å². The predicted molar refractivity (Wildman–Crippen MR) is 76.2 cm³/mol. The van der Waals surface area contributed by atoms with Gasteiger partial charge in [0.05, 0.1) is 13.2 Å². The van der Waals surface area contributed by atoms with E-state index in [1.54, 1.807) is 0 Å². The van der Waals surface area contributed by atoms with E-state index in [4.69, 9.17) is 15.6 Å². The largest absolute Gasteiger partial charge is 0.493 e. The smallest absolute Gasteiger partial charge is 0.123 e. The molecule has 4 heteroatoms. The number of ether oxygens (including phenoxy) is 1. The second kappa shape index (κ2) is 7.11. The molecule has 18 heavy (non-hydrogen) atoms. The molecule has 4 nitrogen and oxygen atoms in total. The van der Waals surface area contributed by atoms with Gasteiger partial charge < -0.3 is 20.5 Å². The van der Waals surface area contributed by atoms with Crippen molar-refractivity contribution in [1.82, 2.24) is 0 Å². The van der Waals surface area contributed by atoms with Crippen LogP contribution in [0.4, 0.5) is 11.4 Å². The fraction of sp³-hybridized carbons (Fsp3) is 0.571. The first-order valence-electron chi connectivity index (χ1n) is 6.49. The van der Waals surface area contributed by atoms with Gasteiger partial charge in [0.15, 0.2) is 0 Å². The minimum Gasteiger partial charge on any atom is -0.493 e. The third-order valence-electron chi connectivity index (χ3n) is 2.68. The molecule has 0 amide bonds. The zero-order valence-electron chi connectivity index (χ0n) is 11.5. The van der Waals surface area contributed by atoms with Crippen LogP contribution in [0.5, 0.6) is 5.75 Å². The summed E-state index contributed by atoms with van der Waals surface area (Å²) in [6.07, 6.45) is 0.967. The van der Waals surface area contributed by atoms with E-state index in [-0.39, 0.29) is 6.61 Å². The van der Waals surface area contributed by atoms with Crippen molar-refractivity contribution >= 4 is 11.4 Å². The first kappa shape index (κ1) is 14.6. The Morgan fingerprint density at radius 2 is 2.06 bits per heavy atom. The number of nitrogens with two attached hydrogens (primary N) is 1. The maximum Gasteiger partial charge on any atom is 0.123 e. The summed E-state index contributed by atoms with van der Waals surface area (Å²) in [6, 6.07) is 6.02. The normalized spacial score (nSPS) is 10.7. The minimum absolute atomic E-state index is 0.123. The van der Waals surface area contributed by atoms with Gasteiger partial charge in [-0.15, -0.1) is 0 Å². The first-order valence-corrected chi connectivity index (χ1v) is 6.49. The maximum atomic E-state index is 9.12. The van der Waals surface area contributed by atoms with Crippen LogP contribution in [0.1, 0.15) is 27.2 Å². The first-order chi connectivity index (χ1) is 8.58. The van der Waals surface area contributed by atoms with Gasteiger partial charge in [-0.3, -0.25) is 0 Å². The van der Waals surface area contributed by atoms with Crippen molar-refractivity contribution in [2.24, 2.45) is 0 Å². The van der Waals surface area contributed by atoms with Gasteiger partial charge in [-0.05, 0) is 26.3 Å². The number of benzene rings is 1. The Morgan fingerprint density at radius 3 is 2.61 bits per heavy atom. The summed E-state index contributed by atoms with van der Waals surface area (Å²) in [6.45, 7) is 7.65. The highest BCUT2D eigenvalue weighted by molar-refractivity contribution is 5.61. The van der Waals surface area contributed by atoms with E-state index in [1.807, 2.05) is 18.2 Å². The van der Waals surface area contributed by atoms with Crippen LogP contribution in [0.3, 0.4) is 0 Å². The molecular weight excluding hydrogens is 228 g/mol. The molecule has 0 aliphatic carbocycles. The second-order valence-electron chi connectivity index (χ2n) is 4.62. The Kier molecular flexibility index (Phi) is 5.78.